The molecule has 0 aliphatic carbocycles. The molecule has 0 atom stereocenters. The van der Waals surface area contributed by atoms with Crippen molar-refractivity contribution in [3.05, 3.63) is 66.8 Å². The van der Waals surface area contributed by atoms with E-state index >= 15 is 0 Å². The number of benzene rings is 1. The van der Waals surface area contributed by atoms with Gasteiger partial charge < -0.3 is 14.1 Å². The van der Waals surface area contributed by atoms with Gasteiger partial charge in [-0.1, -0.05) is 11.3 Å². The molecule has 6 rings (SSSR count). The fourth-order valence-electron chi connectivity index (χ4n) is 3.94. The summed E-state index contributed by atoms with van der Waals surface area (Å²) in [4.78, 5) is 22.1. The molecule has 0 spiro atoms. The predicted molar refractivity (Wildman–Crippen MR) is 123 cm³/mol. The highest BCUT2D eigenvalue weighted by molar-refractivity contribution is 7.20. The zero-order chi connectivity index (χ0) is 21.3. The first kappa shape index (κ1) is 19.1. The summed E-state index contributed by atoms with van der Waals surface area (Å²) in [5, 5.41) is 1.68. The number of nitrogens with zero attached hydrogens (tertiary/aromatic N) is 6. The normalized spacial score (nSPS) is 14.9. The standard InChI is InChI=1S/C23H20N6O2S/c1-3-20-21(24-6-1)27-23(32-20)31-17-4-5-18-16(15-30-19(18)13-17)14-28-9-11-29(12-10-28)22-25-7-2-8-26-22/h1-8,13,15H,9-12,14H2. The molecule has 0 bridgehead atoms. The van der Waals surface area contributed by atoms with Crippen LogP contribution in [0.3, 0.4) is 0 Å². The molecule has 1 saturated heterocycles. The molecule has 160 valence electrons. The van der Waals surface area contributed by atoms with Crippen molar-refractivity contribution in [1.82, 2.24) is 24.8 Å². The number of hydrogen-bond acceptors (Lipinski definition) is 9. The number of anilines is 1. The summed E-state index contributed by atoms with van der Waals surface area (Å²) in [5.41, 5.74) is 2.70. The third kappa shape index (κ3) is 3.76. The van der Waals surface area contributed by atoms with Crippen molar-refractivity contribution < 1.29 is 9.15 Å². The Kier molecular flexibility index (Phi) is 4.89. The van der Waals surface area contributed by atoms with Gasteiger partial charge in [-0.05, 0) is 30.3 Å². The zero-order valence-electron chi connectivity index (χ0n) is 17.2. The Balaban J connectivity index is 1.13. The predicted octanol–water partition coefficient (Wildman–Crippen LogP) is 4.34. The van der Waals surface area contributed by atoms with Gasteiger partial charge in [0.2, 0.25) is 5.95 Å². The van der Waals surface area contributed by atoms with E-state index in [1.165, 1.54) is 16.9 Å². The monoisotopic (exact) mass is 444 g/mol. The molecule has 0 saturated carbocycles. The van der Waals surface area contributed by atoms with Gasteiger partial charge in [0.05, 0.1) is 11.0 Å². The first-order valence-electron chi connectivity index (χ1n) is 10.5. The van der Waals surface area contributed by atoms with Crippen LogP contribution in [-0.2, 0) is 6.54 Å². The lowest BCUT2D eigenvalue weighted by Gasteiger charge is -2.34. The van der Waals surface area contributed by atoms with Crippen LogP contribution >= 0.6 is 11.3 Å². The van der Waals surface area contributed by atoms with Crippen molar-refractivity contribution in [3.8, 4) is 10.9 Å². The summed E-state index contributed by atoms with van der Waals surface area (Å²) in [6.07, 6.45) is 7.16. The average molecular weight is 445 g/mol. The number of pyridine rings is 1. The van der Waals surface area contributed by atoms with Crippen LogP contribution < -0.4 is 9.64 Å². The quantitative estimate of drug-likeness (QED) is 0.396. The highest BCUT2D eigenvalue weighted by Crippen LogP contribution is 2.33. The van der Waals surface area contributed by atoms with E-state index in [9.17, 15) is 0 Å². The van der Waals surface area contributed by atoms with Gasteiger partial charge in [0, 0.05) is 68.3 Å². The Morgan fingerprint density at radius 3 is 2.66 bits per heavy atom. The first-order chi connectivity index (χ1) is 15.8. The van der Waals surface area contributed by atoms with Crippen molar-refractivity contribution in [1.29, 1.82) is 0 Å². The summed E-state index contributed by atoms with van der Waals surface area (Å²) in [7, 11) is 0. The summed E-state index contributed by atoms with van der Waals surface area (Å²) >= 11 is 1.48. The highest BCUT2D eigenvalue weighted by Gasteiger charge is 2.20. The molecule has 1 aromatic carbocycles. The van der Waals surface area contributed by atoms with Crippen LogP contribution in [0.2, 0.25) is 0 Å². The Morgan fingerprint density at radius 2 is 1.81 bits per heavy atom. The Labute approximate surface area is 188 Å². The molecule has 8 nitrogen and oxygen atoms in total. The summed E-state index contributed by atoms with van der Waals surface area (Å²) in [5.74, 6) is 1.51. The maximum atomic E-state index is 5.96. The molecule has 0 radical (unpaired) electrons. The van der Waals surface area contributed by atoms with Crippen molar-refractivity contribution in [3.63, 3.8) is 0 Å². The molecule has 5 aromatic rings. The molecule has 0 N–H and O–H groups in total. The number of hydrogen-bond donors (Lipinski definition) is 0. The van der Waals surface area contributed by atoms with E-state index in [4.69, 9.17) is 9.15 Å². The van der Waals surface area contributed by atoms with Crippen molar-refractivity contribution in [2.24, 2.45) is 0 Å². The van der Waals surface area contributed by atoms with Crippen LogP contribution in [0.1, 0.15) is 5.56 Å². The molecule has 1 fully saturated rings. The van der Waals surface area contributed by atoms with E-state index in [2.05, 4.69) is 35.8 Å². The fourth-order valence-corrected chi connectivity index (χ4v) is 4.74. The van der Waals surface area contributed by atoms with Gasteiger partial charge in [-0.3, -0.25) is 4.90 Å². The average Bonchev–Trinajstić information content (AvgIpc) is 3.43. The van der Waals surface area contributed by atoms with Gasteiger partial charge in [0.25, 0.3) is 5.19 Å². The largest absolute Gasteiger partial charge is 0.464 e. The summed E-state index contributed by atoms with van der Waals surface area (Å²) < 4.78 is 12.8. The van der Waals surface area contributed by atoms with E-state index < -0.39 is 0 Å². The molecule has 5 heterocycles. The van der Waals surface area contributed by atoms with Crippen LogP contribution in [0.25, 0.3) is 21.3 Å². The third-order valence-corrected chi connectivity index (χ3v) is 6.47. The molecular weight excluding hydrogens is 424 g/mol. The number of furan rings is 1. The van der Waals surface area contributed by atoms with Gasteiger partial charge in [0.15, 0.2) is 5.65 Å². The lowest BCUT2D eigenvalue weighted by molar-refractivity contribution is 0.248. The molecule has 32 heavy (non-hydrogen) atoms. The second-order valence-electron chi connectivity index (χ2n) is 7.64. The van der Waals surface area contributed by atoms with E-state index in [0.29, 0.717) is 16.6 Å². The van der Waals surface area contributed by atoms with Crippen molar-refractivity contribution in [2.75, 3.05) is 31.1 Å². The number of rotatable bonds is 5. The highest BCUT2D eigenvalue weighted by atomic mass is 32.1. The minimum Gasteiger partial charge on any atom is -0.464 e. The SMILES string of the molecule is c1cnc(N2CCN(Cc3coc4cc(Oc5nc6ncccc6s5)ccc34)CC2)nc1. The maximum absolute atomic E-state index is 5.96. The maximum Gasteiger partial charge on any atom is 0.281 e. The summed E-state index contributed by atoms with van der Waals surface area (Å²) in [6, 6.07) is 11.7. The zero-order valence-corrected chi connectivity index (χ0v) is 18.0. The smallest absolute Gasteiger partial charge is 0.281 e. The van der Waals surface area contributed by atoms with Crippen LogP contribution in [0.15, 0.2) is 65.7 Å². The second-order valence-corrected chi connectivity index (χ2v) is 8.63. The molecule has 0 amide bonds. The second kappa shape index (κ2) is 8.18. The summed E-state index contributed by atoms with van der Waals surface area (Å²) in [6.45, 7) is 4.58. The van der Waals surface area contributed by atoms with E-state index in [1.807, 2.05) is 36.6 Å². The van der Waals surface area contributed by atoms with Gasteiger partial charge in [-0.25, -0.2) is 15.0 Å². The lowest BCUT2D eigenvalue weighted by atomic mass is 10.1. The van der Waals surface area contributed by atoms with Crippen LogP contribution in [-0.4, -0.2) is 51.0 Å². The number of thiazole rings is 1. The van der Waals surface area contributed by atoms with Crippen LogP contribution in [0.4, 0.5) is 5.95 Å². The van der Waals surface area contributed by atoms with E-state index in [1.54, 1.807) is 18.6 Å². The number of piperazine rings is 1. The third-order valence-electron chi connectivity index (χ3n) is 5.58. The molecule has 1 aliphatic heterocycles. The minimum atomic E-state index is 0.574. The molecule has 4 aromatic heterocycles. The lowest BCUT2D eigenvalue weighted by Crippen LogP contribution is -2.46. The van der Waals surface area contributed by atoms with E-state index in [-0.39, 0.29) is 0 Å². The Bertz CT molecular complexity index is 1330. The van der Waals surface area contributed by atoms with Gasteiger partial charge in [0.1, 0.15) is 11.3 Å². The van der Waals surface area contributed by atoms with Crippen LogP contribution in [0.5, 0.6) is 10.9 Å². The topological polar surface area (TPSA) is 80.4 Å². The molecule has 1 aliphatic rings. The number of aromatic nitrogens is 4. The van der Waals surface area contributed by atoms with Crippen molar-refractivity contribution in [2.45, 2.75) is 6.54 Å². The van der Waals surface area contributed by atoms with Gasteiger partial charge >= 0.3 is 0 Å². The first-order valence-corrected chi connectivity index (χ1v) is 11.3. The molecule has 9 heteroatoms. The Morgan fingerprint density at radius 1 is 0.969 bits per heavy atom. The van der Waals surface area contributed by atoms with Crippen LogP contribution in [0, 0.1) is 0 Å². The van der Waals surface area contributed by atoms with Gasteiger partial charge in [-0.2, -0.15) is 4.98 Å². The van der Waals surface area contributed by atoms with E-state index in [0.717, 1.165) is 54.3 Å². The van der Waals surface area contributed by atoms with Crippen molar-refractivity contribution >= 4 is 38.6 Å². The fraction of sp³-hybridized carbons (Fsp3) is 0.217. The molecular formula is C23H20N6O2S. The number of fused-ring (bicyclic) bond motifs is 2. The number of ether oxygens (including phenoxy) is 1. The minimum absolute atomic E-state index is 0.574. The van der Waals surface area contributed by atoms with Gasteiger partial charge in [-0.15, -0.1) is 0 Å². The Hall–Kier alpha value is -3.56. The molecule has 0 unspecified atom stereocenters.